The number of hydrogen-bond donors (Lipinski definition) is 1. The van der Waals surface area contributed by atoms with Crippen LogP contribution in [0.3, 0.4) is 0 Å². The topological polar surface area (TPSA) is 56.1 Å². The Morgan fingerprint density at radius 1 is 1.14 bits per heavy atom. The van der Waals surface area contributed by atoms with Crippen LogP contribution in [0.15, 0.2) is 24.3 Å². The molecule has 112 valence electrons. The fourth-order valence-corrected chi connectivity index (χ4v) is 2.70. The van der Waals surface area contributed by atoms with Gasteiger partial charge in [0, 0.05) is 5.69 Å². The molecule has 4 nitrogen and oxygen atoms in total. The van der Waals surface area contributed by atoms with Crippen molar-refractivity contribution in [3.8, 4) is 6.07 Å². The largest absolute Gasteiger partial charge is 0.325 e. The van der Waals surface area contributed by atoms with Crippen molar-refractivity contribution in [1.82, 2.24) is 4.90 Å². The Morgan fingerprint density at radius 3 is 2.29 bits per heavy atom. The molecule has 0 aromatic heterocycles. The van der Waals surface area contributed by atoms with Crippen LogP contribution in [-0.4, -0.2) is 29.9 Å². The van der Waals surface area contributed by atoms with Gasteiger partial charge >= 0.3 is 0 Å². The van der Waals surface area contributed by atoms with Crippen LogP contribution >= 0.6 is 0 Å². The SMILES string of the molecule is CC(C(=O)Nc1ccc(C#N)cc1)N1CCCCCCC1. The third kappa shape index (κ3) is 4.57. The molecule has 21 heavy (non-hydrogen) atoms. The van der Waals surface area contributed by atoms with Gasteiger partial charge in [-0.25, -0.2) is 0 Å². The monoisotopic (exact) mass is 285 g/mol. The first kappa shape index (κ1) is 15.5. The van der Waals surface area contributed by atoms with E-state index in [4.69, 9.17) is 5.26 Å². The lowest BCUT2D eigenvalue weighted by Gasteiger charge is -2.29. The van der Waals surface area contributed by atoms with Crippen LogP contribution in [0.5, 0.6) is 0 Å². The molecule has 0 radical (unpaired) electrons. The van der Waals surface area contributed by atoms with Crippen molar-refractivity contribution in [3.05, 3.63) is 29.8 Å². The summed E-state index contributed by atoms with van der Waals surface area (Å²) < 4.78 is 0. The maximum absolute atomic E-state index is 12.3. The zero-order valence-corrected chi connectivity index (χ0v) is 12.6. The van der Waals surface area contributed by atoms with Crippen molar-refractivity contribution >= 4 is 11.6 Å². The van der Waals surface area contributed by atoms with Crippen molar-refractivity contribution in [2.24, 2.45) is 0 Å². The van der Waals surface area contributed by atoms with Crippen molar-refractivity contribution in [3.63, 3.8) is 0 Å². The molecule has 2 rings (SSSR count). The molecule has 1 N–H and O–H groups in total. The number of nitrogens with zero attached hydrogens (tertiary/aromatic N) is 2. The molecule has 0 bridgehead atoms. The number of nitriles is 1. The lowest BCUT2D eigenvalue weighted by atomic mass is 10.1. The summed E-state index contributed by atoms with van der Waals surface area (Å²) in [5.74, 6) is 0.0280. The minimum absolute atomic E-state index is 0.0280. The van der Waals surface area contributed by atoms with Gasteiger partial charge in [-0.05, 0) is 57.1 Å². The van der Waals surface area contributed by atoms with E-state index in [1.54, 1.807) is 24.3 Å². The van der Waals surface area contributed by atoms with Crippen LogP contribution in [0.1, 0.15) is 44.6 Å². The second-order valence-electron chi connectivity index (χ2n) is 5.66. The van der Waals surface area contributed by atoms with Gasteiger partial charge in [0.25, 0.3) is 0 Å². The van der Waals surface area contributed by atoms with Crippen LogP contribution in [0.25, 0.3) is 0 Å². The van der Waals surface area contributed by atoms with Crippen LogP contribution in [0.2, 0.25) is 0 Å². The van der Waals surface area contributed by atoms with Crippen molar-refractivity contribution in [2.45, 2.75) is 45.1 Å². The number of nitrogens with one attached hydrogen (secondary N) is 1. The molecule has 1 amide bonds. The van der Waals surface area contributed by atoms with Crippen LogP contribution < -0.4 is 5.32 Å². The molecule has 1 atom stereocenters. The van der Waals surface area contributed by atoms with E-state index in [1.165, 1.54) is 32.1 Å². The van der Waals surface area contributed by atoms with E-state index in [9.17, 15) is 4.79 Å². The van der Waals surface area contributed by atoms with E-state index in [0.717, 1.165) is 18.8 Å². The fourth-order valence-electron chi connectivity index (χ4n) is 2.70. The number of benzene rings is 1. The molecule has 1 aliphatic heterocycles. The fraction of sp³-hybridized carbons (Fsp3) is 0.529. The zero-order chi connectivity index (χ0) is 15.1. The highest BCUT2D eigenvalue weighted by Gasteiger charge is 2.21. The summed E-state index contributed by atoms with van der Waals surface area (Å²) >= 11 is 0. The predicted molar refractivity (Wildman–Crippen MR) is 83.9 cm³/mol. The van der Waals surface area contributed by atoms with Gasteiger partial charge in [0.2, 0.25) is 5.91 Å². The van der Waals surface area contributed by atoms with Gasteiger partial charge < -0.3 is 5.32 Å². The third-order valence-electron chi connectivity index (χ3n) is 4.10. The van der Waals surface area contributed by atoms with Gasteiger partial charge in [-0.2, -0.15) is 5.26 Å². The Hall–Kier alpha value is -1.86. The molecule has 0 aliphatic carbocycles. The first-order chi connectivity index (χ1) is 10.2. The summed E-state index contributed by atoms with van der Waals surface area (Å²) in [6.07, 6.45) is 6.20. The van der Waals surface area contributed by atoms with E-state index in [-0.39, 0.29) is 11.9 Å². The molecule has 1 saturated heterocycles. The Bertz CT molecular complexity index is 496. The molecule has 1 aromatic rings. The maximum atomic E-state index is 12.3. The van der Waals surface area contributed by atoms with Gasteiger partial charge in [0.05, 0.1) is 17.7 Å². The van der Waals surface area contributed by atoms with E-state index < -0.39 is 0 Å². The van der Waals surface area contributed by atoms with Crippen LogP contribution in [-0.2, 0) is 4.79 Å². The normalized spacial score (nSPS) is 18.1. The standard InChI is InChI=1S/C17H23N3O/c1-14(20-11-5-3-2-4-6-12-20)17(21)19-16-9-7-15(13-18)8-10-16/h7-10,14H,2-6,11-12H2,1H3,(H,19,21). The van der Waals surface area contributed by atoms with Gasteiger partial charge in [-0.3, -0.25) is 9.69 Å². The lowest BCUT2D eigenvalue weighted by molar-refractivity contribution is -0.120. The average Bonchev–Trinajstić information content (AvgIpc) is 2.47. The molecule has 1 unspecified atom stereocenters. The Balaban J connectivity index is 1.92. The highest BCUT2D eigenvalue weighted by molar-refractivity contribution is 5.94. The minimum atomic E-state index is -0.112. The summed E-state index contributed by atoms with van der Waals surface area (Å²) in [6, 6.07) is 8.95. The van der Waals surface area contributed by atoms with Gasteiger partial charge in [0.15, 0.2) is 0 Å². The van der Waals surface area contributed by atoms with Crippen molar-refractivity contribution in [2.75, 3.05) is 18.4 Å². The number of rotatable bonds is 3. The molecule has 1 fully saturated rings. The Labute approximate surface area is 126 Å². The predicted octanol–water partition coefficient (Wildman–Crippen LogP) is 3.15. The highest BCUT2D eigenvalue weighted by Crippen LogP contribution is 2.15. The number of carbonyl (C=O) groups is 1. The smallest absolute Gasteiger partial charge is 0.241 e. The van der Waals surface area contributed by atoms with Gasteiger partial charge in [-0.1, -0.05) is 19.3 Å². The number of hydrogen-bond acceptors (Lipinski definition) is 3. The third-order valence-corrected chi connectivity index (χ3v) is 4.10. The summed E-state index contributed by atoms with van der Waals surface area (Å²) in [4.78, 5) is 14.6. The first-order valence-electron chi connectivity index (χ1n) is 7.76. The van der Waals surface area contributed by atoms with Crippen LogP contribution in [0.4, 0.5) is 5.69 Å². The molecule has 1 aromatic carbocycles. The van der Waals surface area contributed by atoms with Gasteiger partial charge in [0.1, 0.15) is 0 Å². The molecular formula is C17H23N3O. The van der Waals surface area contributed by atoms with Crippen molar-refractivity contribution < 1.29 is 4.79 Å². The zero-order valence-electron chi connectivity index (χ0n) is 12.6. The molecular weight excluding hydrogens is 262 g/mol. The van der Waals surface area contributed by atoms with E-state index in [1.807, 2.05) is 6.92 Å². The van der Waals surface area contributed by atoms with E-state index in [0.29, 0.717) is 5.56 Å². The molecule has 1 heterocycles. The molecule has 0 spiro atoms. The van der Waals surface area contributed by atoms with E-state index in [2.05, 4.69) is 16.3 Å². The highest BCUT2D eigenvalue weighted by atomic mass is 16.2. The van der Waals surface area contributed by atoms with Crippen LogP contribution in [0, 0.1) is 11.3 Å². The number of likely N-dealkylation sites (tertiary alicyclic amines) is 1. The number of anilines is 1. The van der Waals surface area contributed by atoms with Gasteiger partial charge in [-0.15, -0.1) is 0 Å². The summed E-state index contributed by atoms with van der Waals surface area (Å²) in [7, 11) is 0. The molecule has 1 aliphatic rings. The summed E-state index contributed by atoms with van der Waals surface area (Å²) in [5.41, 5.74) is 1.35. The minimum Gasteiger partial charge on any atom is -0.325 e. The average molecular weight is 285 g/mol. The molecule has 4 heteroatoms. The second-order valence-corrected chi connectivity index (χ2v) is 5.66. The summed E-state index contributed by atoms with van der Waals surface area (Å²) in [5, 5.41) is 11.7. The Kier molecular flexibility index (Phi) is 5.77. The quantitative estimate of drug-likeness (QED) is 0.928. The first-order valence-corrected chi connectivity index (χ1v) is 7.76. The maximum Gasteiger partial charge on any atom is 0.241 e. The van der Waals surface area contributed by atoms with E-state index >= 15 is 0 Å². The van der Waals surface area contributed by atoms with Crippen molar-refractivity contribution in [1.29, 1.82) is 5.26 Å². The lowest BCUT2D eigenvalue weighted by Crippen LogP contribution is -2.43. The second kappa shape index (κ2) is 7.80. The summed E-state index contributed by atoms with van der Waals surface area (Å²) in [6.45, 7) is 3.98. The number of carbonyl (C=O) groups excluding carboxylic acids is 1. The molecule has 0 saturated carbocycles. The number of amides is 1. The Morgan fingerprint density at radius 2 is 1.71 bits per heavy atom.